The molecule has 1 atom stereocenters. The molecular weight excluding hydrogens is 260 g/mol. The minimum Gasteiger partial charge on any atom is -0.361 e. The summed E-state index contributed by atoms with van der Waals surface area (Å²) in [6.07, 6.45) is 3.46. The van der Waals surface area contributed by atoms with Gasteiger partial charge < -0.3 is 9.88 Å². The average molecular weight is 277 g/mol. The first kappa shape index (κ1) is 12.5. The number of aromatic nitrogens is 1. The number of carbonyl (C=O) groups excluding carboxylic acids is 1. The van der Waals surface area contributed by atoms with E-state index in [-0.39, 0.29) is 5.91 Å². The molecule has 2 heterocycles. The van der Waals surface area contributed by atoms with Gasteiger partial charge in [0.15, 0.2) is 0 Å². The number of alkyl halides is 1. The predicted molar refractivity (Wildman–Crippen MR) is 77.4 cm³/mol. The third-order valence-corrected chi connectivity index (χ3v) is 4.29. The summed E-state index contributed by atoms with van der Waals surface area (Å²) in [7, 11) is 0. The van der Waals surface area contributed by atoms with Crippen LogP contribution in [0, 0.1) is 5.92 Å². The van der Waals surface area contributed by atoms with Crippen LogP contribution in [0.15, 0.2) is 30.5 Å². The predicted octanol–water partition coefficient (Wildman–Crippen LogP) is 2.80. The lowest BCUT2D eigenvalue weighted by molar-refractivity contribution is -0.127. The maximum atomic E-state index is 11.8. The van der Waals surface area contributed by atoms with Gasteiger partial charge in [0.2, 0.25) is 5.91 Å². The maximum Gasteiger partial charge on any atom is 0.222 e. The number of nitrogens with one attached hydrogen (secondary N) is 1. The molecule has 0 aliphatic carbocycles. The molecular formula is C15H17ClN2O. The van der Waals surface area contributed by atoms with E-state index in [1.54, 1.807) is 0 Å². The van der Waals surface area contributed by atoms with Gasteiger partial charge in [0.05, 0.1) is 0 Å². The minimum atomic E-state index is 0.242. The molecule has 3 rings (SSSR count). The molecule has 2 aromatic rings. The molecule has 0 bridgehead atoms. The van der Waals surface area contributed by atoms with Gasteiger partial charge in [-0.1, -0.05) is 12.1 Å². The van der Waals surface area contributed by atoms with Gasteiger partial charge in [-0.15, -0.1) is 11.6 Å². The Labute approximate surface area is 117 Å². The number of hydrogen-bond donors (Lipinski definition) is 1. The van der Waals surface area contributed by atoms with E-state index in [2.05, 4.69) is 29.2 Å². The van der Waals surface area contributed by atoms with E-state index >= 15 is 0 Å². The number of carbonyl (C=O) groups is 1. The molecule has 1 aromatic carbocycles. The lowest BCUT2D eigenvalue weighted by atomic mass is 10.1. The quantitative estimate of drug-likeness (QED) is 0.857. The average Bonchev–Trinajstić information content (AvgIpc) is 3.02. The molecule has 1 aliphatic rings. The molecule has 4 heteroatoms. The minimum absolute atomic E-state index is 0.242. The monoisotopic (exact) mass is 276 g/mol. The largest absolute Gasteiger partial charge is 0.361 e. The molecule has 0 saturated carbocycles. The van der Waals surface area contributed by atoms with Crippen LogP contribution in [0.1, 0.15) is 12.0 Å². The smallest absolute Gasteiger partial charge is 0.222 e. The van der Waals surface area contributed by atoms with Gasteiger partial charge in [0, 0.05) is 42.5 Å². The first-order chi connectivity index (χ1) is 9.28. The van der Waals surface area contributed by atoms with Crippen molar-refractivity contribution < 1.29 is 4.79 Å². The number of likely N-dealkylation sites (tertiary alicyclic amines) is 1. The number of rotatable bonds is 4. The standard InChI is InChI=1S/C15H17ClN2O/c16-9-11-8-15(19)18(10-11)7-5-12-2-1-3-14-13(12)4-6-17-14/h1-4,6,11,17H,5,7-10H2. The van der Waals surface area contributed by atoms with Crippen LogP contribution in [0.25, 0.3) is 10.9 Å². The fraction of sp³-hybridized carbons (Fsp3) is 0.400. The summed E-state index contributed by atoms with van der Waals surface area (Å²) >= 11 is 5.84. The van der Waals surface area contributed by atoms with Gasteiger partial charge in [0.25, 0.3) is 0 Å². The van der Waals surface area contributed by atoms with Gasteiger partial charge in [0.1, 0.15) is 0 Å². The van der Waals surface area contributed by atoms with Crippen molar-refractivity contribution in [3.8, 4) is 0 Å². The van der Waals surface area contributed by atoms with Crippen molar-refractivity contribution >= 4 is 28.4 Å². The maximum absolute atomic E-state index is 11.8. The highest BCUT2D eigenvalue weighted by atomic mass is 35.5. The third-order valence-electron chi connectivity index (χ3n) is 3.85. The summed E-state index contributed by atoms with van der Waals surface area (Å²) in [5.41, 5.74) is 2.45. The Balaban J connectivity index is 1.69. The summed E-state index contributed by atoms with van der Waals surface area (Å²) in [5.74, 6) is 1.15. The number of H-pyrrole nitrogens is 1. The second kappa shape index (κ2) is 5.25. The Kier molecular flexibility index (Phi) is 3.47. The number of benzene rings is 1. The van der Waals surface area contributed by atoms with Crippen LogP contribution in [0.2, 0.25) is 0 Å². The number of fused-ring (bicyclic) bond motifs is 1. The molecule has 1 fully saturated rings. The summed E-state index contributed by atoms with van der Waals surface area (Å²) in [6.45, 7) is 1.60. The highest BCUT2D eigenvalue weighted by Crippen LogP contribution is 2.21. The van der Waals surface area contributed by atoms with Crippen molar-refractivity contribution in [1.82, 2.24) is 9.88 Å². The van der Waals surface area contributed by atoms with Crippen LogP contribution >= 0.6 is 11.6 Å². The lowest BCUT2D eigenvalue weighted by Gasteiger charge is -2.16. The Morgan fingerprint density at radius 1 is 1.37 bits per heavy atom. The zero-order valence-corrected chi connectivity index (χ0v) is 11.5. The highest BCUT2D eigenvalue weighted by Gasteiger charge is 2.28. The van der Waals surface area contributed by atoms with Crippen molar-refractivity contribution in [3.05, 3.63) is 36.0 Å². The molecule has 1 aromatic heterocycles. The van der Waals surface area contributed by atoms with Gasteiger partial charge >= 0.3 is 0 Å². The molecule has 0 radical (unpaired) electrons. The molecule has 1 aliphatic heterocycles. The zero-order valence-electron chi connectivity index (χ0n) is 10.7. The van der Waals surface area contributed by atoms with Gasteiger partial charge in [-0.05, 0) is 30.0 Å². The van der Waals surface area contributed by atoms with Crippen LogP contribution in [0.3, 0.4) is 0 Å². The van der Waals surface area contributed by atoms with E-state index in [0.29, 0.717) is 18.2 Å². The summed E-state index contributed by atoms with van der Waals surface area (Å²) in [6, 6.07) is 8.36. The third kappa shape index (κ3) is 2.47. The van der Waals surface area contributed by atoms with Crippen LogP contribution in [0.5, 0.6) is 0 Å². The summed E-state index contributed by atoms with van der Waals surface area (Å²) in [4.78, 5) is 17.0. The topological polar surface area (TPSA) is 36.1 Å². The SMILES string of the molecule is O=C1CC(CCl)CN1CCc1cccc2[nH]ccc12. The molecule has 100 valence electrons. The molecule has 19 heavy (non-hydrogen) atoms. The number of amides is 1. The van der Waals surface area contributed by atoms with Crippen molar-refractivity contribution in [1.29, 1.82) is 0 Å². The summed E-state index contributed by atoms with van der Waals surface area (Å²) in [5, 5.41) is 1.25. The lowest BCUT2D eigenvalue weighted by Crippen LogP contribution is -2.27. The van der Waals surface area contributed by atoms with E-state index in [1.807, 2.05) is 11.1 Å². The summed E-state index contributed by atoms with van der Waals surface area (Å²) < 4.78 is 0. The van der Waals surface area contributed by atoms with Gasteiger partial charge in [-0.2, -0.15) is 0 Å². The molecule has 1 unspecified atom stereocenters. The number of halogens is 1. The molecule has 1 N–H and O–H groups in total. The number of hydrogen-bond acceptors (Lipinski definition) is 1. The van der Waals surface area contributed by atoms with Crippen LogP contribution in [0.4, 0.5) is 0 Å². The normalized spacial score (nSPS) is 19.5. The van der Waals surface area contributed by atoms with E-state index < -0.39 is 0 Å². The fourth-order valence-electron chi connectivity index (χ4n) is 2.80. The molecule has 1 saturated heterocycles. The van der Waals surface area contributed by atoms with Crippen molar-refractivity contribution in [2.45, 2.75) is 12.8 Å². The van der Waals surface area contributed by atoms with Crippen LogP contribution < -0.4 is 0 Å². The number of nitrogens with zero attached hydrogens (tertiary/aromatic N) is 1. The van der Waals surface area contributed by atoms with Crippen molar-refractivity contribution in [3.63, 3.8) is 0 Å². The fourth-order valence-corrected chi connectivity index (χ4v) is 3.00. The van der Waals surface area contributed by atoms with Crippen molar-refractivity contribution in [2.75, 3.05) is 19.0 Å². The second-order valence-corrected chi connectivity index (χ2v) is 5.48. The molecule has 3 nitrogen and oxygen atoms in total. The Morgan fingerprint density at radius 2 is 2.26 bits per heavy atom. The number of aromatic amines is 1. The highest BCUT2D eigenvalue weighted by molar-refractivity contribution is 6.18. The Hall–Kier alpha value is -1.48. The van der Waals surface area contributed by atoms with Crippen LogP contribution in [-0.4, -0.2) is 34.8 Å². The Bertz CT molecular complexity index is 593. The van der Waals surface area contributed by atoms with E-state index in [4.69, 9.17) is 11.6 Å². The molecule has 1 amide bonds. The first-order valence-electron chi connectivity index (χ1n) is 6.66. The van der Waals surface area contributed by atoms with Crippen LogP contribution in [-0.2, 0) is 11.2 Å². The first-order valence-corrected chi connectivity index (χ1v) is 7.20. The van der Waals surface area contributed by atoms with Gasteiger partial charge in [-0.3, -0.25) is 4.79 Å². The van der Waals surface area contributed by atoms with Crippen molar-refractivity contribution in [2.24, 2.45) is 5.92 Å². The van der Waals surface area contributed by atoms with Gasteiger partial charge in [-0.25, -0.2) is 0 Å². The van der Waals surface area contributed by atoms with E-state index in [9.17, 15) is 4.79 Å². The zero-order chi connectivity index (χ0) is 13.2. The molecule has 0 spiro atoms. The van der Waals surface area contributed by atoms with E-state index in [0.717, 1.165) is 25.0 Å². The van der Waals surface area contributed by atoms with E-state index in [1.165, 1.54) is 10.9 Å². The second-order valence-electron chi connectivity index (χ2n) is 5.17. The Morgan fingerprint density at radius 3 is 3.05 bits per heavy atom.